The van der Waals surface area contributed by atoms with Gasteiger partial charge in [0.05, 0.1) is 5.71 Å². The summed E-state index contributed by atoms with van der Waals surface area (Å²) in [4.78, 5) is 2.51. The van der Waals surface area contributed by atoms with E-state index in [0.29, 0.717) is 5.92 Å². The van der Waals surface area contributed by atoms with Gasteiger partial charge < -0.3 is 10.1 Å². The summed E-state index contributed by atoms with van der Waals surface area (Å²) in [5.41, 5.74) is 0.974. The zero-order valence-electron chi connectivity index (χ0n) is 10.8. The van der Waals surface area contributed by atoms with E-state index in [-0.39, 0.29) is 0 Å². The summed E-state index contributed by atoms with van der Waals surface area (Å²) in [5, 5.41) is 12.2. The predicted molar refractivity (Wildman–Crippen MR) is 68.2 cm³/mol. The normalized spacial score (nSPS) is 25.1. The molecule has 0 saturated carbocycles. The molecule has 3 nitrogen and oxygen atoms in total. The summed E-state index contributed by atoms with van der Waals surface area (Å²) in [6, 6.07) is 0. The molecular weight excluding hydrogens is 200 g/mol. The van der Waals surface area contributed by atoms with Gasteiger partial charge in [-0.3, -0.25) is 0 Å². The van der Waals surface area contributed by atoms with Crippen molar-refractivity contribution in [3.05, 3.63) is 0 Å². The average molecular weight is 226 g/mol. The minimum Gasteiger partial charge on any atom is -0.411 e. The highest BCUT2D eigenvalue weighted by Crippen LogP contribution is 2.14. The Morgan fingerprint density at radius 3 is 2.69 bits per heavy atom. The first-order valence-electron chi connectivity index (χ1n) is 6.71. The highest BCUT2D eigenvalue weighted by Gasteiger charge is 2.21. The number of nitrogens with zero attached hydrogens (tertiary/aromatic N) is 2. The molecule has 1 heterocycles. The Morgan fingerprint density at radius 2 is 2.06 bits per heavy atom. The van der Waals surface area contributed by atoms with Crippen molar-refractivity contribution in [1.82, 2.24) is 4.90 Å². The molecule has 1 atom stereocenters. The van der Waals surface area contributed by atoms with Gasteiger partial charge in [-0.15, -0.1) is 0 Å². The fraction of sp³-hybridized carbons (Fsp3) is 0.923. The van der Waals surface area contributed by atoms with Crippen molar-refractivity contribution in [2.45, 2.75) is 52.4 Å². The van der Waals surface area contributed by atoms with Crippen molar-refractivity contribution >= 4 is 5.71 Å². The van der Waals surface area contributed by atoms with E-state index in [2.05, 4.69) is 23.9 Å². The van der Waals surface area contributed by atoms with E-state index in [4.69, 9.17) is 5.21 Å². The van der Waals surface area contributed by atoms with Crippen molar-refractivity contribution < 1.29 is 5.21 Å². The summed E-state index contributed by atoms with van der Waals surface area (Å²) in [6.45, 7) is 7.75. The monoisotopic (exact) mass is 226 g/mol. The van der Waals surface area contributed by atoms with E-state index in [9.17, 15) is 0 Å². The van der Waals surface area contributed by atoms with Crippen LogP contribution in [0.4, 0.5) is 0 Å². The topological polar surface area (TPSA) is 35.8 Å². The second kappa shape index (κ2) is 7.66. The van der Waals surface area contributed by atoms with Crippen molar-refractivity contribution in [2.24, 2.45) is 11.1 Å². The van der Waals surface area contributed by atoms with Crippen LogP contribution in [0.15, 0.2) is 5.16 Å². The Labute approximate surface area is 99.5 Å². The van der Waals surface area contributed by atoms with Gasteiger partial charge in [-0.25, -0.2) is 0 Å². The van der Waals surface area contributed by atoms with Gasteiger partial charge in [0.2, 0.25) is 0 Å². The fourth-order valence-electron chi connectivity index (χ4n) is 2.39. The molecule has 1 aliphatic heterocycles. The molecule has 3 heteroatoms. The van der Waals surface area contributed by atoms with E-state index in [1.54, 1.807) is 0 Å². The van der Waals surface area contributed by atoms with E-state index in [1.165, 1.54) is 38.6 Å². The maximum Gasteiger partial charge on any atom is 0.0624 e. The average Bonchev–Trinajstić information content (AvgIpc) is 2.29. The van der Waals surface area contributed by atoms with Crippen LogP contribution < -0.4 is 0 Å². The minimum atomic E-state index is 0.425. The first-order valence-corrected chi connectivity index (χ1v) is 6.71. The number of oxime groups is 1. The van der Waals surface area contributed by atoms with Crippen molar-refractivity contribution in [2.75, 3.05) is 19.6 Å². The van der Waals surface area contributed by atoms with Crippen LogP contribution in [0.1, 0.15) is 52.4 Å². The standard InChI is InChI=1S/C13H26N2O/c1-3-4-5-6-7-9-15-10-8-13(14-16)12(2)11-15/h12,16H,3-11H2,1-2H3. The Kier molecular flexibility index (Phi) is 6.46. The largest absolute Gasteiger partial charge is 0.411 e. The first kappa shape index (κ1) is 13.5. The lowest BCUT2D eigenvalue weighted by Crippen LogP contribution is -2.40. The van der Waals surface area contributed by atoms with Crippen molar-refractivity contribution in [3.8, 4) is 0 Å². The summed E-state index contributed by atoms with van der Waals surface area (Å²) >= 11 is 0. The molecule has 0 amide bonds. The lowest BCUT2D eigenvalue weighted by molar-refractivity contribution is 0.231. The van der Waals surface area contributed by atoms with Gasteiger partial charge in [0.15, 0.2) is 0 Å². The number of hydrogen-bond acceptors (Lipinski definition) is 3. The van der Waals surface area contributed by atoms with Crippen LogP contribution in [0.5, 0.6) is 0 Å². The van der Waals surface area contributed by atoms with Gasteiger partial charge in [-0.2, -0.15) is 0 Å². The second-order valence-corrected chi connectivity index (χ2v) is 4.96. The number of hydrogen-bond donors (Lipinski definition) is 1. The molecule has 1 rings (SSSR count). The van der Waals surface area contributed by atoms with Crippen LogP contribution in [0, 0.1) is 5.92 Å². The predicted octanol–water partition coefficient (Wildman–Crippen LogP) is 3.13. The number of piperidine rings is 1. The van der Waals surface area contributed by atoms with Gasteiger partial charge in [0.25, 0.3) is 0 Å². The van der Waals surface area contributed by atoms with Crippen LogP contribution in [-0.4, -0.2) is 35.5 Å². The Hall–Kier alpha value is -0.570. The summed E-state index contributed by atoms with van der Waals surface area (Å²) in [5.74, 6) is 0.425. The van der Waals surface area contributed by atoms with Crippen molar-refractivity contribution in [3.63, 3.8) is 0 Å². The Balaban J connectivity index is 2.11. The van der Waals surface area contributed by atoms with Crippen LogP contribution in [-0.2, 0) is 0 Å². The SMILES string of the molecule is CCCCCCCN1CCC(=NO)C(C)C1. The van der Waals surface area contributed by atoms with Crippen LogP contribution in [0.2, 0.25) is 0 Å². The quantitative estimate of drug-likeness (QED) is 0.429. The molecule has 1 fully saturated rings. The molecule has 0 aromatic rings. The van der Waals surface area contributed by atoms with Gasteiger partial charge in [-0.1, -0.05) is 44.7 Å². The zero-order valence-corrected chi connectivity index (χ0v) is 10.8. The lowest BCUT2D eigenvalue weighted by Gasteiger charge is -2.31. The van der Waals surface area contributed by atoms with Gasteiger partial charge in [-0.05, 0) is 13.0 Å². The van der Waals surface area contributed by atoms with E-state index >= 15 is 0 Å². The number of rotatable bonds is 6. The second-order valence-electron chi connectivity index (χ2n) is 4.96. The molecule has 0 aromatic heterocycles. The molecule has 0 radical (unpaired) electrons. The molecule has 1 saturated heterocycles. The lowest BCUT2D eigenvalue weighted by atomic mass is 9.97. The maximum absolute atomic E-state index is 8.79. The summed E-state index contributed by atoms with van der Waals surface area (Å²) in [6.07, 6.45) is 7.68. The molecule has 1 unspecified atom stereocenters. The molecular formula is C13H26N2O. The summed E-state index contributed by atoms with van der Waals surface area (Å²) < 4.78 is 0. The minimum absolute atomic E-state index is 0.425. The van der Waals surface area contributed by atoms with Gasteiger partial charge in [0, 0.05) is 25.4 Å². The van der Waals surface area contributed by atoms with E-state index in [1.807, 2.05) is 0 Å². The molecule has 1 N–H and O–H groups in total. The van der Waals surface area contributed by atoms with Gasteiger partial charge >= 0.3 is 0 Å². The number of likely N-dealkylation sites (tertiary alicyclic amines) is 1. The molecule has 0 bridgehead atoms. The zero-order chi connectivity index (χ0) is 11.8. The highest BCUT2D eigenvalue weighted by molar-refractivity contribution is 5.86. The molecule has 0 spiro atoms. The Morgan fingerprint density at radius 1 is 1.31 bits per heavy atom. The van der Waals surface area contributed by atoms with Crippen LogP contribution >= 0.6 is 0 Å². The molecule has 0 aliphatic carbocycles. The third-order valence-electron chi connectivity index (χ3n) is 3.49. The number of unbranched alkanes of at least 4 members (excludes halogenated alkanes) is 4. The summed E-state index contributed by atoms with van der Waals surface area (Å²) in [7, 11) is 0. The van der Waals surface area contributed by atoms with Crippen LogP contribution in [0.3, 0.4) is 0 Å². The Bertz CT molecular complexity index is 216. The first-order chi connectivity index (χ1) is 7.77. The molecule has 94 valence electrons. The maximum atomic E-state index is 8.79. The third-order valence-corrected chi connectivity index (χ3v) is 3.49. The third kappa shape index (κ3) is 4.52. The van der Waals surface area contributed by atoms with Crippen LogP contribution in [0.25, 0.3) is 0 Å². The smallest absolute Gasteiger partial charge is 0.0624 e. The molecule has 16 heavy (non-hydrogen) atoms. The van der Waals surface area contributed by atoms with Crippen molar-refractivity contribution in [1.29, 1.82) is 0 Å². The molecule has 1 aliphatic rings. The van der Waals surface area contributed by atoms with E-state index in [0.717, 1.165) is 25.2 Å². The highest BCUT2D eigenvalue weighted by atomic mass is 16.4. The van der Waals surface area contributed by atoms with Gasteiger partial charge in [0.1, 0.15) is 0 Å². The van der Waals surface area contributed by atoms with E-state index < -0.39 is 0 Å². The fourth-order valence-corrected chi connectivity index (χ4v) is 2.39. The molecule has 0 aromatic carbocycles.